The Hall–Kier alpha value is -6.48. The molecule has 2 heterocycles. The van der Waals surface area contributed by atoms with E-state index in [2.05, 4.69) is 47.9 Å². The van der Waals surface area contributed by atoms with Crippen LogP contribution in [0.25, 0.3) is 0 Å². The maximum atomic E-state index is 13.5. The third-order valence-corrected chi connectivity index (χ3v) is 11.1. The van der Waals surface area contributed by atoms with Gasteiger partial charge in [0, 0.05) is 19.5 Å². The molecule has 0 aromatic rings. The van der Waals surface area contributed by atoms with Crippen LogP contribution in [0, 0.1) is 5.92 Å². The normalized spacial score (nSPS) is 19.1. The summed E-state index contributed by atoms with van der Waals surface area (Å²) in [5, 5.41) is 60.2. The standard InChI is InChI=1S/C42H69N11O16/c1-5-6-7-9-25(42(68)69)49-41(67)30-10-8-13-53(30)33(58)19-46-35(61)22(4)47-38(64)27(14-21(2)3)50-40(66)29(20-54)52-39(65)28(16-34(59)60)51-37(63)24(11-12-31(43)56)48-32(57)18-45-36(62)26-15-23(55)17-44-26/h21-30,44,54-55H,5-20H2,1-4H3,(H2,43,56)(H,45,62)(H,46,61)(H,47,64)(H,48,57)(H,49,67)(H,50,66)(H,51,63)(H,52,65)(H,59,60)(H,68,69)/t22-,23+,24-,25-,26-,27-,28-,29-,30-/m0/s1. The van der Waals surface area contributed by atoms with Crippen molar-refractivity contribution in [2.75, 3.05) is 32.8 Å². The van der Waals surface area contributed by atoms with Gasteiger partial charge in [-0.3, -0.25) is 52.7 Å². The van der Waals surface area contributed by atoms with E-state index in [1.165, 1.54) is 11.8 Å². The van der Waals surface area contributed by atoms with Crippen LogP contribution in [0.15, 0.2) is 0 Å². The molecule has 0 bridgehead atoms. The van der Waals surface area contributed by atoms with Gasteiger partial charge >= 0.3 is 11.9 Å². The first-order valence-electron chi connectivity index (χ1n) is 22.9. The Kier molecular flexibility index (Phi) is 25.0. The molecule has 388 valence electrons. The van der Waals surface area contributed by atoms with Crippen molar-refractivity contribution in [2.45, 2.75) is 153 Å². The van der Waals surface area contributed by atoms with E-state index >= 15 is 0 Å². The molecule has 27 nitrogen and oxygen atoms in total. The molecule has 10 amide bonds. The second kappa shape index (κ2) is 29.4. The summed E-state index contributed by atoms with van der Waals surface area (Å²) >= 11 is 0. The molecule has 27 heteroatoms. The van der Waals surface area contributed by atoms with Crippen molar-refractivity contribution in [3.05, 3.63) is 0 Å². The Morgan fingerprint density at radius 2 is 1.33 bits per heavy atom. The molecule has 0 aliphatic carbocycles. The summed E-state index contributed by atoms with van der Waals surface area (Å²) in [6.07, 6.45) is 0.515. The van der Waals surface area contributed by atoms with Crippen LogP contribution in [-0.2, 0) is 57.5 Å². The Morgan fingerprint density at radius 3 is 1.91 bits per heavy atom. The Morgan fingerprint density at radius 1 is 0.710 bits per heavy atom. The SMILES string of the molecule is CCCCC[C@H](NC(=O)[C@@H]1CCCN1C(=O)CNC(=O)[C@H](C)NC(=O)[C@H](CC(C)C)NC(=O)[C@H](CO)NC(=O)[C@H](CC(=O)O)NC(=O)[C@H](CCC(N)=O)NC(=O)CNC(=O)[C@@H]1C[C@@H](O)CN1)C(=O)O. The quantitative estimate of drug-likeness (QED) is 0.0298. The first kappa shape index (κ1) is 58.6. The minimum atomic E-state index is -1.94. The Labute approximate surface area is 398 Å². The zero-order chi connectivity index (χ0) is 52.0. The first-order valence-corrected chi connectivity index (χ1v) is 22.9. The predicted molar refractivity (Wildman–Crippen MR) is 239 cm³/mol. The molecule has 2 fully saturated rings. The summed E-state index contributed by atoms with van der Waals surface area (Å²) in [4.78, 5) is 154. The van der Waals surface area contributed by atoms with E-state index in [1.807, 2.05) is 6.92 Å². The van der Waals surface area contributed by atoms with Crippen LogP contribution in [0.4, 0.5) is 0 Å². The number of carboxylic acid groups (broad SMARTS) is 2. The average molecular weight is 984 g/mol. The Balaban J connectivity index is 2.06. The van der Waals surface area contributed by atoms with Crippen molar-refractivity contribution >= 4 is 71.0 Å². The highest BCUT2D eigenvalue weighted by Gasteiger charge is 2.37. The van der Waals surface area contributed by atoms with Gasteiger partial charge in [-0.1, -0.05) is 40.0 Å². The molecule has 2 aliphatic rings. The largest absolute Gasteiger partial charge is 0.481 e. The fraction of sp³-hybridized carbons (Fsp3) is 0.714. The van der Waals surface area contributed by atoms with Gasteiger partial charge in [-0.2, -0.15) is 0 Å². The number of β-amino-alcohol motifs (C(OH)–C–C–N with tert-alkyl or cyclic N) is 1. The number of carbonyl (C=O) groups excluding carboxylic acids is 10. The lowest BCUT2D eigenvalue weighted by atomic mass is 10.0. The summed E-state index contributed by atoms with van der Waals surface area (Å²) in [6, 6.07) is -10.9. The molecule has 69 heavy (non-hydrogen) atoms. The van der Waals surface area contributed by atoms with Gasteiger partial charge in [-0.25, -0.2) is 4.79 Å². The number of aliphatic hydroxyl groups is 2. The van der Waals surface area contributed by atoms with Crippen molar-refractivity contribution < 1.29 is 78.0 Å². The lowest BCUT2D eigenvalue weighted by Gasteiger charge is -2.27. The van der Waals surface area contributed by atoms with Gasteiger partial charge in [-0.05, 0) is 51.4 Å². The van der Waals surface area contributed by atoms with Crippen LogP contribution in [0.1, 0.15) is 98.3 Å². The second-order valence-electron chi connectivity index (χ2n) is 17.4. The number of hydrogen-bond donors (Lipinski definition) is 14. The van der Waals surface area contributed by atoms with E-state index in [9.17, 15) is 78.0 Å². The molecule has 15 N–H and O–H groups in total. The molecule has 0 saturated carbocycles. The zero-order valence-electron chi connectivity index (χ0n) is 39.3. The van der Waals surface area contributed by atoms with Crippen molar-refractivity contribution in [1.82, 2.24) is 52.8 Å². The molecule has 0 spiro atoms. The van der Waals surface area contributed by atoms with Gasteiger partial charge in [-0.15, -0.1) is 0 Å². The summed E-state index contributed by atoms with van der Waals surface area (Å²) < 4.78 is 0. The predicted octanol–water partition coefficient (Wildman–Crippen LogP) is -5.70. The molecule has 0 aromatic heterocycles. The lowest BCUT2D eigenvalue weighted by Crippen LogP contribution is -2.60. The fourth-order valence-corrected chi connectivity index (χ4v) is 7.36. The van der Waals surface area contributed by atoms with E-state index in [4.69, 9.17) is 5.73 Å². The number of nitrogens with two attached hydrogens (primary N) is 1. The maximum absolute atomic E-state index is 13.5. The van der Waals surface area contributed by atoms with E-state index in [1.54, 1.807) is 13.8 Å². The smallest absolute Gasteiger partial charge is 0.326 e. The molecular weight excluding hydrogens is 915 g/mol. The van der Waals surface area contributed by atoms with Crippen molar-refractivity contribution in [1.29, 1.82) is 0 Å². The number of rotatable bonds is 30. The van der Waals surface area contributed by atoms with Gasteiger partial charge in [0.25, 0.3) is 0 Å². The zero-order valence-corrected chi connectivity index (χ0v) is 39.3. The molecule has 2 saturated heterocycles. The van der Waals surface area contributed by atoms with E-state index < -0.39 is 164 Å². The van der Waals surface area contributed by atoms with E-state index in [-0.39, 0.29) is 44.7 Å². The summed E-state index contributed by atoms with van der Waals surface area (Å²) in [5.41, 5.74) is 5.21. The number of carbonyl (C=O) groups is 12. The van der Waals surface area contributed by atoms with Crippen LogP contribution in [0.2, 0.25) is 0 Å². The van der Waals surface area contributed by atoms with Crippen molar-refractivity contribution in [3.63, 3.8) is 0 Å². The molecule has 2 rings (SSSR count). The van der Waals surface area contributed by atoms with Gasteiger partial charge in [0.2, 0.25) is 59.1 Å². The first-order chi connectivity index (χ1) is 32.5. The molecule has 0 radical (unpaired) electrons. The molecule has 9 atom stereocenters. The van der Waals surface area contributed by atoms with E-state index in [0.717, 1.165) is 12.8 Å². The highest BCUT2D eigenvalue weighted by molar-refractivity contribution is 5.98. The average Bonchev–Trinajstić information content (AvgIpc) is 3.96. The third kappa shape index (κ3) is 20.7. The molecule has 0 aromatic carbocycles. The fourth-order valence-electron chi connectivity index (χ4n) is 7.36. The minimum Gasteiger partial charge on any atom is -0.481 e. The van der Waals surface area contributed by atoms with Crippen LogP contribution >= 0.6 is 0 Å². The van der Waals surface area contributed by atoms with Crippen LogP contribution in [0.5, 0.6) is 0 Å². The molecule has 0 unspecified atom stereocenters. The Bertz CT molecular complexity index is 1870. The summed E-state index contributed by atoms with van der Waals surface area (Å²) in [5.74, 6) is -12.0. The number of nitrogens with one attached hydrogen (secondary N) is 9. The highest BCUT2D eigenvalue weighted by Crippen LogP contribution is 2.18. The van der Waals surface area contributed by atoms with Gasteiger partial charge in [0.15, 0.2) is 0 Å². The topological polar surface area (TPSA) is 423 Å². The number of primary amides is 1. The number of hydrogen-bond acceptors (Lipinski definition) is 15. The van der Waals surface area contributed by atoms with Gasteiger partial charge < -0.3 is 78.9 Å². The summed E-state index contributed by atoms with van der Waals surface area (Å²) in [6.45, 7) is 4.68. The number of amides is 10. The molecular formula is C42H69N11O16. The van der Waals surface area contributed by atoms with Crippen LogP contribution in [-0.4, -0.2) is 184 Å². The number of aliphatic hydroxyl groups excluding tert-OH is 2. The van der Waals surface area contributed by atoms with E-state index in [0.29, 0.717) is 12.8 Å². The second-order valence-corrected chi connectivity index (χ2v) is 17.4. The number of unbranched alkanes of at least 4 members (excludes halogenated alkanes) is 2. The minimum absolute atomic E-state index is 0.0311. The maximum Gasteiger partial charge on any atom is 0.326 e. The summed E-state index contributed by atoms with van der Waals surface area (Å²) in [7, 11) is 0. The highest BCUT2D eigenvalue weighted by atomic mass is 16.4. The number of carboxylic acids is 2. The number of nitrogens with zero attached hydrogens (tertiary/aromatic N) is 1. The third-order valence-electron chi connectivity index (χ3n) is 11.1. The van der Waals surface area contributed by atoms with Crippen LogP contribution < -0.4 is 53.6 Å². The monoisotopic (exact) mass is 983 g/mol. The number of aliphatic carboxylic acids is 2. The van der Waals surface area contributed by atoms with Crippen LogP contribution in [0.3, 0.4) is 0 Å². The van der Waals surface area contributed by atoms with Crippen molar-refractivity contribution in [2.24, 2.45) is 11.7 Å². The van der Waals surface area contributed by atoms with Gasteiger partial charge in [0.1, 0.15) is 42.3 Å². The molecule has 2 aliphatic heterocycles. The van der Waals surface area contributed by atoms with Gasteiger partial charge in [0.05, 0.1) is 38.3 Å². The van der Waals surface area contributed by atoms with Crippen molar-refractivity contribution in [3.8, 4) is 0 Å². The lowest BCUT2D eigenvalue weighted by molar-refractivity contribution is -0.144. The number of likely N-dealkylation sites (tertiary alicyclic amines) is 1.